The van der Waals surface area contributed by atoms with Gasteiger partial charge in [-0.3, -0.25) is 19.7 Å². The molecule has 30 heavy (non-hydrogen) atoms. The Morgan fingerprint density at radius 3 is 2.17 bits per heavy atom. The molecular weight excluding hydrogens is 386 g/mol. The molecule has 0 saturated carbocycles. The van der Waals surface area contributed by atoms with Gasteiger partial charge in [0.15, 0.2) is 5.76 Å². The van der Waals surface area contributed by atoms with Gasteiger partial charge in [-0.05, 0) is 62.4 Å². The number of hydrogen-bond acceptors (Lipinski definition) is 5. The number of amides is 2. The molecule has 1 N–H and O–H groups in total. The van der Waals surface area contributed by atoms with E-state index >= 15 is 0 Å². The predicted molar refractivity (Wildman–Crippen MR) is 112 cm³/mol. The highest BCUT2D eigenvalue weighted by Gasteiger charge is 2.15. The first-order valence-electron chi connectivity index (χ1n) is 9.48. The molecular formula is C22H21N3O5. The molecule has 0 saturated heterocycles. The van der Waals surface area contributed by atoms with Gasteiger partial charge in [0, 0.05) is 42.0 Å². The molecule has 2 amide bonds. The lowest BCUT2D eigenvalue weighted by Crippen LogP contribution is -2.30. The average molecular weight is 407 g/mol. The van der Waals surface area contributed by atoms with Crippen LogP contribution in [0.15, 0.2) is 65.1 Å². The Balaban J connectivity index is 1.68. The van der Waals surface area contributed by atoms with E-state index in [1.165, 1.54) is 18.2 Å². The Morgan fingerprint density at radius 2 is 1.60 bits per heavy atom. The van der Waals surface area contributed by atoms with Crippen LogP contribution in [0.3, 0.4) is 0 Å². The maximum Gasteiger partial charge on any atom is 0.291 e. The Bertz CT molecular complexity index is 1050. The summed E-state index contributed by atoms with van der Waals surface area (Å²) in [7, 11) is 0. The zero-order valence-electron chi connectivity index (χ0n) is 16.6. The van der Waals surface area contributed by atoms with Gasteiger partial charge in [0.25, 0.3) is 17.5 Å². The first-order valence-corrected chi connectivity index (χ1v) is 9.48. The Hall–Kier alpha value is -3.94. The van der Waals surface area contributed by atoms with Crippen LogP contribution in [0.25, 0.3) is 11.3 Å². The van der Waals surface area contributed by atoms with Crippen molar-refractivity contribution < 1.29 is 18.9 Å². The van der Waals surface area contributed by atoms with Gasteiger partial charge in [-0.1, -0.05) is 0 Å². The molecule has 0 fully saturated rings. The van der Waals surface area contributed by atoms with Gasteiger partial charge >= 0.3 is 0 Å². The molecule has 8 heteroatoms. The van der Waals surface area contributed by atoms with E-state index in [0.29, 0.717) is 35.7 Å². The fourth-order valence-corrected chi connectivity index (χ4v) is 2.94. The van der Waals surface area contributed by atoms with E-state index in [9.17, 15) is 19.7 Å². The number of non-ortho nitro benzene ring substituents is 1. The summed E-state index contributed by atoms with van der Waals surface area (Å²) in [6.07, 6.45) is 0. The molecule has 0 bridgehead atoms. The van der Waals surface area contributed by atoms with Crippen molar-refractivity contribution in [2.24, 2.45) is 0 Å². The fraction of sp³-hybridized carbons (Fsp3) is 0.182. The second-order valence-corrected chi connectivity index (χ2v) is 6.48. The fourth-order valence-electron chi connectivity index (χ4n) is 2.94. The van der Waals surface area contributed by atoms with E-state index in [4.69, 9.17) is 4.42 Å². The minimum atomic E-state index is -0.480. The largest absolute Gasteiger partial charge is 0.451 e. The Labute approximate surface area is 173 Å². The molecule has 2 aromatic carbocycles. The minimum absolute atomic E-state index is 0.0220. The second-order valence-electron chi connectivity index (χ2n) is 6.48. The smallest absolute Gasteiger partial charge is 0.291 e. The number of hydrogen-bond donors (Lipinski definition) is 1. The monoisotopic (exact) mass is 407 g/mol. The van der Waals surface area contributed by atoms with E-state index in [1.807, 2.05) is 13.8 Å². The number of carbonyl (C=O) groups is 2. The van der Waals surface area contributed by atoms with Crippen molar-refractivity contribution in [2.75, 3.05) is 18.4 Å². The summed E-state index contributed by atoms with van der Waals surface area (Å²) in [6.45, 7) is 5.10. The Morgan fingerprint density at radius 1 is 0.967 bits per heavy atom. The molecule has 1 aromatic heterocycles. The lowest BCUT2D eigenvalue weighted by molar-refractivity contribution is -0.384. The highest BCUT2D eigenvalue weighted by atomic mass is 16.6. The van der Waals surface area contributed by atoms with Gasteiger partial charge in [-0.15, -0.1) is 0 Å². The number of rotatable bonds is 7. The third-order valence-electron chi connectivity index (χ3n) is 4.63. The van der Waals surface area contributed by atoms with Gasteiger partial charge in [0.2, 0.25) is 0 Å². The van der Waals surface area contributed by atoms with Crippen molar-refractivity contribution in [1.29, 1.82) is 0 Å². The van der Waals surface area contributed by atoms with Crippen LogP contribution in [0.1, 0.15) is 34.8 Å². The summed E-state index contributed by atoms with van der Waals surface area (Å²) in [5, 5.41) is 13.5. The molecule has 8 nitrogen and oxygen atoms in total. The van der Waals surface area contributed by atoms with Crippen molar-refractivity contribution in [3.63, 3.8) is 0 Å². The zero-order chi connectivity index (χ0) is 21.7. The molecule has 0 aliphatic carbocycles. The van der Waals surface area contributed by atoms with Crippen LogP contribution in [-0.2, 0) is 0 Å². The first-order chi connectivity index (χ1) is 14.4. The second kappa shape index (κ2) is 9.04. The summed E-state index contributed by atoms with van der Waals surface area (Å²) in [6, 6.07) is 15.7. The molecule has 154 valence electrons. The first kappa shape index (κ1) is 20.8. The molecule has 3 rings (SSSR count). The van der Waals surface area contributed by atoms with Crippen molar-refractivity contribution in [3.8, 4) is 11.3 Å². The number of furan rings is 1. The lowest BCUT2D eigenvalue weighted by Gasteiger charge is -2.18. The normalized spacial score (nSPS) is 10.5. The summed E-state index contributed by atoms with van der Waals surface area (Å²) in [5.41, 5.74) is 1.68. The van der Waals surface area contributed by atoms with Gasteiger partial charge in [0.1, 0.15) is 5.76 Å². The van der Waals surface area contributed by atoms with Crippen LogP contribution < -0.4 is 5.32 Å². The molecule has 0 aliphatic heterocycles. The number of nitro benzene ring substituents is 1. The third kappa shape index (κ3) is 4.54. The highest BCUT2D eigenvalue weighted by molar-refractivity contribution is 6.03. The minimum Gasteiger partial charge on any atom is -0.451 e. The summed E-state index contributed by atoms with van der Waals surface area (Å²) in [4.78, 5) is 36.8. The molecule has 0 aliphatic rings. The predicted octanol–water partition coefficient (Wildman–Crippen LogP) is 4.59. The molecule has 0 radical (unpaired) electrons. The number of nitrogens with zero attached hydrogens (tertiary/aromatic N) is 2. The maximum atomic E-state index is 12.5. The molecule has 0 atom stereocenters. The van der Waals surface area contributed by atoms with Crippen molar-refractivity contribution in [2.45, 2.75) is 13.8 Å². The van der Waals surface area contributed by atoms with Crippen LogP contribution in [0, 0.1) is 10.1 Å². The van der Waals surface area contributed by atoms with Crippen molar-refractivity contribution in [3.05, 3.63) is 82.1 Å². The molecule has 0 unspecified atom stereocenters. The molecule has 0 spiro atoms. The van der Waals surface area contributed by atoms with Crippen molar-refractivity contribution >= 4 is 23.2 Å². The van der Waals surface area contributed by atoms with Crippen LogP contribution in [0.2, 0.25) is 0 Å². The average Bonchev–Trinajstić information content (AvgIpc) is 3.25. The van der Waals surface area contributed by atoms with E-state index in [0.717, 1.165) is 0 Å². The zero-order valence-corrected chi connectivity index (χ0v) is 16.6. The van der Waals surface area contributed by atoms with Gasteiger partial charge in [-0.2, -0.15) is 0 Å². The van der Waals surface area contributed by atoms with E-state index in [-0.39, 0.29) is 17.4 Å². The van der Waals surface area contributed by atoms with Gasteiger partial charge in [-0.25, -0.2) is 0 Å². The van der Waals surface area contributed by atoms with Gasteiger partial charge in [0.05, 0.1) is 4.92 Å². The topological polar surface area (TPSA) is 106 Å². The Kier molecular flexibility index (Phi) is 6.26. The molecule has 3 aromatic rings. The van der Waals surface area contributed by atoms with Crippen LogP contribution in [0.4, 0.5) is 11.4 Å². The summed E-state index contributed by atoms with van der Waals surface area (Å²) in [5.74, 6) is 0.0319. The standard InChI is InChI=1S/C22H21N3O5/c1-3-24(4-2)22(27)16-5-9-17(10-6-16)23-21(26)20-14-13-19(30-20)15-7-11-18(12-8-15)25(28)29/h5-14H,3-4H2,1-2H3,(H,23,26). The van der Waals surface area contributed by atoms with E-state index in [2.05, 4.69) is 5.32 Å². The SMILES string of the molecule is CCN(CC)C(=O)c1ccc(NC(=O)c2ccc(-c3ccc([N+](=O)[O-])cc3)o2)cc1. The molecule has 1 heterocycles. The van der Waals surface area contributed by atoms with Crippen LogP contribution >= 0.6 is 0 Å². The van der Waals surface area contributed by atoms with Crippen LogP contribution in [0.5, 0.6) is 0 Å². The number of nitrogens with one attached hydrogen (secondary N) is 1. The highest BCUT2D eigenvalue weighted by Crippen LogP contribution is 2.25. The van der Waals surface area contributed by atoms with Crippen molar-refractivity contribution in [1.82, 2.24) is 4.90 Å². The summed E-state index contributed by atoms with van der Waals surface area (Å²) >= 11 is 0. The number of benzene rings is 2. The third-order valence-corrected chi connectivity index (χ3v) is 4.63. The van der Waals surface area contributed by atoms with Crippen LogP contribution in [-0.4, -0.2) is 34.7 Å². The quantitative estimate of drug-likeness (QED) is 0.455. The summed E-state index contributed by atoms with van der Waals surface area (Å²) < 4.78 is 5.58. The number of carbonyl (C=O) groups excluding carboxylic acids is 2. The lowest BCUT2D eigenvalue weighted by atomic mass is 10.1. The maximum absolute atomic E-state index is 12.5. The van der Waals surface area contributed by atoms with E-state index < -0.39 is 10.8 Å². The number of anilines is 1. The van der Waals surface area contributed by atoms with E-state index in [1.54, 1.807) is 47.4 Å². The van der Waals surface area contributed by atoms with Gasteiger partial charge < -0.3 is 14.6 Å². The number of nitro groups is 1.